The Hall–Kier alpha value is -2.27. The van der Waals surface area contributed by atoms with Crippen molar-refractivity contribution in [2.24, 2.45) is 0 Å². The summed E-state index contributed by atoms with van der Waals surface area (Å²) in [4.78, 5) is 5.47. The zero-order valence-electron chi connectivity index (χ0n) is 11.5. The van der Waals surface area contributed by atoms with E-state index in [9.17, 15) is 5.11 Å². The molecule has 0 spiro atoms. The molecular weight excluding hydrogens is 284 g/mol. The molecule has 0 unspecified atom stereocenters. The zero-order chi connectivity index (χ0) is 14.7. The molecule has 1 heterocycles. The minimum atomic E-state index is 0.263. The molecule has 0 amide bonds. The number of benzene rings is 2. The molecule has 0 atom stereocenters. The van der Waals surface area contributed by atoms with Crippen LogP contribution in [0.25, 0.3) is 11.4 Å². The zero-order valence-corrected chi connectivity index (χ0v) is 12.3. The van der Waals surface area contributed by atoms with Crippen molar-refractivity contribution in [3.8, 4) is 17.1 Å². The number of aromatic nitrogens is 2. The lowest BCUT2D eigenvalue weighted by Crippen LogP contribution is -1.85. The molecule has 1 N–H and O–H groups in total. The number of hydrogen-bond donors (Lipinski definition) is 1. The first-order valence-electron chi connectivity index (χ1n) is 6.53. The van der Waals surface area contributed by atoms with E-state index in [1.54, 1.807) is 23.9 Å². The second kappa shape index (κ2) is 6.01. The summed E-state index contributed by atoms with van der Waals surface area (Å²) in [7, 11) is 0. The third-order valence-electron chi connectivity index (χ3n) is 3.05. The summed E-state index contributed by atoms with van der Waals surface area (Å²) in [5.41, 5.74) is 2.11. The fraction of sp³-hybridized carbons (Fsp3) is 0.125. The third-order valence-corrected chi connectivity index (χ3v) is 4.05. The van der Waals surface area contributed by atoms with E-state index in [2.05, 4.69) is 10.1 Å². The summed E-state index contributed by atoms with van der Waals surface area (Å²) in [6, 6.07) is 15.0. The molecule has 4 nitrogen and oxygen atoms in total. The lowest BCUT2D eigenvalue weighted by molar-refractivity contribution is 0.391. The van der Waals surface area contributed by atoms with E-state index in [4.69, 9.17) is 4.52 Å². The van der Waals surface area contributed by atoms with E-state index in [0.717, 1.165) is 16.0 Å². The quantitative estimate of drug-likeness (QED) is 0.736. The number of phenols is 1. The third kappa shape index (κ3) is 3.25. The molecule has 0 aliphatic carbocycles. The number of nitrogens with zero attached hydrogens (tertiary/aromatic N) is 2. The predicted molar refractivity (Wildman–Crippen MR) is 82.1 cm³/mol. The molecule has 5 heteroatoms. The number of aromatic hydroxyl groups is 1. The molecule has 3 aromatic rings. The SMILES string of the molecule is Cc1ccccc1-c1noc(CSc2ccc(O)cc2)n1. The van der Waals surface area contributed by atoms with Crippen LogP contribution in [0.1, 0.15) is 11.5 Å². The highest BCUT2D eigenvalue weighted by Crippen LogP contribution is 2.25. The van der Waals surface area contributed by atoms with Crippen molar-refractivity contribution in [3.05, 3.63) is 60.0 Å². The van der Waals surface area contributed by atoms with Crippen LogP contribution in [-0.2, 0) is 5.75 Å². The van der Waals surface area contributed by atoms with Gasteiger partial charge in [-0.25, -0.2) is 0 Å². The highest BCUT2D eigenvalue weighted by Gasteiger charge is 2.10. The minimum Gasteiger partial charge on any atom is -0.508 e. The summed E-state index contributed by atoms with van der Waals surface area (Å²) in [6.07, 6.45) is 0. The van der Waals surface area contributed by atoms with Crippen LogP contribution >= 0.6 is 11.8 Å². The highest BCUT2D eigenvalue weighted by molar-refractivity contribution is 7.98. The molecule has 0 saturated carbocycles. The lowest BCUT2D eigenvalue weighted by atomic mass is 10.1. The molecule has 3 rings (SSSR count). The molecule has 106 valence electrons. The Morgan fingerprint density at radius 2 is 1.86 bits per heavy atom. The van der Waals surface area contributed by atoms with Crippen LogP contribution in [0.2, 0.25) is 0 Å². The minimum absolute atomic E-state index is 0.263. The number of thioether (sulfide) groups is 1. The van der Waals surface area contributed by atoms with Crippen molar-refractivity contribution in [2.75, 3.05) is 0 Å². The highest BCUT2D eigenvalue weighted by atomic mass is 32.2. The van der Waals surface area contributed by atoms with Crippen LogP contribution in [0.4, 0.5) is 0 Å². The fourth-order valence-electron chi connectivity index (χ4n) is 1.93. The second-order valence-corrected chi connectivity index (χ2v) is 5.66. The summed E-state index contributed by atoms with van der Waals surface area (Å²) in [6.45, 7) is 2.02. The van der Waals surface area contributed by atoms with Crippen molar-refractivity contribution in [3.63, 3.8) is 0 Å². The average molecular weight is 298 g/mol. The first-order chi connectivity index (χ1) is 10.2. The van der Waals surface area contributed by atoms with Gasteiger partial charge in [-0.15, -0.1) is 11.8 Å². The fourth-order valence-corrected chi connectivity index (χ4v) is 2.67. The lowest BCUT2D eigenvalue weighted by Gasteiger charge is -1.99. The molecule has 2 aromatic carbocycles. The van der Waals surface area contributed by atoms with Gasteiger partial charge in [0.15, 0.2) is 0 Å². The van der Waals surface area contributed by atoms with E-state index in [1.165, 1.54) is 0 Å². The molecule has 0 fully saturated rings. The number of aryl methyl sites for hydroxylation is 1. The smallest absolute Gasteiger partial charge is 0.237 e. The number of rotatable bonds is 4. The van der Waals surface area contributed by atoms with E-state index >= 15 is 0 Å². The van der Waals surface area contributed by atoms with Crippen molar-refractivity contribution >= 4 is 11.8 Å². The summed E-state index contributed by atoms with van der Waals surface area (Å²) < 4.78 is 5.29. The van der Waals surface area contributed by atoms with Crippen LogP contribution < -0.4 is 0 Å². The standard InChI is InChI=1S/C16H14N2O2S/c1-11-4-2-3-5-14(11)16-17-15(20-18-16)10-21-13-8-6-12(19)7-9-13/h2-9,19H,10H2,1H3. The van der Waals surface area contributed by atoms with Gasteiger partial charge in [0.1, 0.15) is 5.75 Å². The molecule has 0 aliphatic rings. The summed E-state index contributed by atoms with van der Waals surface area (Å²) in [5.74, 6) is 2.07. The van der Waals surface area contributed by atoms with Gasteiger partial charge in [0.05, 0.1) is 5.75 Å². The average Bonchev–Trinajstić information content (AvgIpc) is 2.96. The maximum atomic E-state index is 9.25. The van der Waals surface area contributed by atoms with Crippen molar-refractivity contribution in [1.29, 1.82) is 0 Å². The summed E-state index contributed by atoms with van der Waals surface area (Å²) >= 11 is 1.59. The molecule has 21 heavy (non-hydrogen) atoms. The number of hydrogen-bond acceptors (Lipinski definition) is 5. The molecule has 0 saturated heterocycles. The Balaban J connectivity index is 1.71. The topological polar surface area (TPSA) is 59.2 Å². The van der Waals surface area contributed by atoms with Gasteiger partial charge >= 0.3 is 0 Å². The van der Waals surface area contributed by atoms with Gasteiger partial charge in [-0.1, -0.05) is 29.4 Å². The summed E-state index contributed by atoms with van der Waals surface area (Å²) in [5, 5.41) is 13.3. The van der Waals surface area contributed by atoms with E-state index < -0.39 is 0 Å². The van der Waals surface area contributed by atoms with Gasteiger partial charge in [0.2, 0.25) is 11.7 Å². The van der Waals surface area contributed by atoms with Gasteiger partial charge in [0.25, 0.3) is 0 Å². The van der Waals surface area contributed by atoms with Crippen LogP contribution in [0.5, 0.6) is 5.75 Å². The van der Waals surface area contributed by atoms with Crippen LogP contribution in [-0.4, -0.2) is 15.2 Å². The van der Waals surface area contributed by atoms with Gasteiger partial charge in [-0.3, -0.25) is 0 Å². The van der Waals surface area contributed by atoms with E-state index in [1.807, 2.05) is 43.3 Å². The molecular formula is C16H14N2O2S. The monoisotopic (exact) mass is 298 g/mol. The molecule has 0 aliphatic heterocycles. The molecule has 0 bridgehead atoms. The normalized spacial score (nSPS) is 10.7. The largest absolute Gasteiger partial charge is 0.508 e. The first kappa shape index (κ1) is 13.7. The van der Waals surface area contributed by atoms with Gasteiger partial charge < -0.3 is 9.63 Å². The van der Waals surface area contributed by atoms with Gasteiger partial charge in [-0.05, 0) is 36.8 Å². The van der Waals surface area contributed by atoms with Gasteiger partial charge in [0, 0.05) is 10.5 Å². The maximum Gasteiger partial charge on any atom is 0.237 e. The Bertz CT molecular complexity index is 738. The Morgan fingerprint density at radius 3 is 2.62 bits per heavy atom. The first-order valence-corrected chi connectivity index (χ1v) is 7.51. The molecule has 0 radical (unpaired) electrons. The predicted octanol–water partition coefficient (Wildman–Crippen LogP) is 4.04. The van der Waals surface area contributed by atoms with E-state index in [-0.39, 0.29) is 5.75 Å². The second-order valence-electron chi connectivity index (χ2n) is 4.61. The Kier molecular flexibility index (Phi) is 3.92. The molecule has 1 aromatic heterocycles. The van der Waals surface area contributed by atoms with Crippen molar-refractivity contribution in [2.45, 2.75) is 17.6 Å². The van der Waals surface area contributed by atoms with Crippen LogP contribution in [0, 0.1) is 6.92 Å². The Labute approximate surface area is 126 Å². The Morgan fingerprint density at radius 1 is 1.10 bits per heavy atom. The van der Waals surface area contributed by atoms with Crippen LogP contribution in [0.15, 0.2) is 57.9 Å². The number of phenolic OH excluding ortho intramolecular Hbond substituents is 1. The van der Waals surface area contributed by atoms with Gasteiger partial charge in [-0.2, -0.15) is 4.98 Å². The van der Waals surface area contributed by atoms with Crippen molar-refractivity contribution < 1.29 is 9.63 Å². The van der Waals surface area contributed by atoms with Crippen LogP contribution in [0.3, 0.4) is 0 Å². The maximum absolute atomic E-state index is 9.25. The van der Waals surface area contributed by atoms with Crippen molar-refractivity contribution in [1.82, 2.24) is 10.1 Å². The van der Waals surface area contributed by atoms with E-state index in [0.29, 0.717) is 17.5 Å².